The van der Waals surface area contributed by atoms with E-state index in [1.165, 1.54) is 0 Å². The molecule has 0 fully saturated rings. The molecule has 2 N–H and O–H groups in total. The van der Waals surface area contributed by atoms with Crippen LogP contribution in [0.4, 0.5) is 0 Å². The smallest absolute Gasteiger partial charge is 0.0609 e. The minimum absolute atomic E-state index is 0.154. The molecule has 1 rings (SSSR count). The van der Waals surface area contributed by atoms with E-state index in [0.717, 1.165) is 30.1 Å². The van der Waals surface area contributed by atoms with E-state index in [9.17, 15) is 5.11 Å². The van der Waals surface area contributed by atoms with Crippen LogP contribution < -0.4 is 5.32 Å². The number of halogens is 1. The predicted molar refractivity (Wildman–Crippen MR) is 86.3 cm³/mol. The van der Waals surface area contributed by atoms with Crippen molar-refractivity contribution in [2.45, 2.75) is 38.8 Å². The summed E-state index contributed by atoms with van der Waals surface area (Å²) in [6, 6.07) is 8.23. The minimum Gasteiger partial charge on any atom is -0.394 e. The molecule has 3 nitrogen and oxygen atoms in total. The number of aliphatic hydroxyl groups is 1. The summed E-state index contributed by atoms with van der Waals surface area (Å²) in [7, 11) is 2.05. The molecule has 1 unspecified atom stereocenters. The van der Waals surface area contributed by atoms with Gasteiger partial charge in [0, 0.05) is 23.1 Å². The van der Waals surface area contributed by atoms with Gasteiger partial charge < -0.3 is 10.4 Å². The Labute approximate surface area is 127 Å². The molecule has 0 saturated heterocycles. The molecule has 0 aliphatic carbocycles. The zero-order valence-corrected chi connectivity index (χ0v) is 13.7. The number of likely N-dealkylation sites (N-methyl/N-ethyl adjacent to an activating group) is 1. The molecule has 20 heavy (non-hydrogen) atoms. The van der Waals surface area contributed by atoms with Gasteiger partial charge >= 0.3 is 0 Å². The third-order valence-electron chi connectivity index (χ3n) is 3.90. The number of nitrogens with zero attached hydrogens (tertiary/aromatic N) is 1. The van der Waals surface area contributed by atoms with Crippen molar-refractivity contribution < 1.29 is 5.11 Å². The number of nitrogens with one attached hydrogen (secondary N) is 1. The van der Waals surface area contributed by atoms with Gasteiger partial charge in [0.15, 0.2) is 0 Å². The fourth-order valence-corrected chi connectivity index (χ4v) is 2.39. The van der Waals surface area contributed by atoms with E-state index in [4.69, 9.17) is 11.6 Å². The maximum atomic E-state index is 9.42. The van der Waals surface area contributed by atoms with Crippen molar-refractivity contribution in [1.82, 2.24) is 10.2 Å². The summed E-state index contributed by atoms with van der Waals surface area (Å²) in [5.41, 5.74) is 0.947. The largest absolute Gasteiger partial charge is 0.394 e. The van der Waals surface area contributed by atoms with Crippen molar-refractivity contribution in [1.29, 1.82) is 0 Å². The monoisotopic (exact) mass is 298 g/mol. The van der Waals surface area contributed by atoms with Gasteiger partial charge in [-0.1, -0.05) is 36.7 Å². The number of hydrogen-bond acceptors (Lipinski definition) is 3. The third-order valence-corrected chi connectivity index (χ3v) is 4.25. The highest BCUT2D eigenvalue weighted by Crippen LogP contribution is 2.26. The summed E-state index contributed by atoms with van der Waals surface area (Å²) in [5.74, 6) is 0. The zero-order chi connectivity index (χ0) is 15.2. The Morgan fingerprint density at radius 2 is 2.00 bits per heavy atom. The molecule has 1 aromatic rings. The molecule has 0 amide bonds. The van der Waals surface area contributed by atoms with Crippen LogP contribution in [-0.4, -0.2) is 42.3 Å². The van der Waals surface area contributed by atoms with Gasteiger partial charge in [0.2, 0.25) is 0 Å². The molecule has 0 spiro atoms. The Hall–Kier alpha value is -0.610. The maximum Gasteiger partial charge on any atom is 0.0609 e. The lowest BCUT2D eigenvalue weighted by atomic mass is 10.0. The van der Waals surface area contributed by atoms with Crippen LogP contribution in [0.3, 0.4) is 0 Å². The van der Waals surface area contributed by atoms with E-state index in [-0.39, 0.29) is 18.2 Å². The van der Waals surface area contributed by atoms with Crippen LogP contribution in [0.5, 0.6) is 0 Å². The highest BCUT2D eigenvalue weighted by Gasteiger charge is 2.23. The normalized spacial score (nSPS) is 13.8. The highest BCUT2D eigenvalue weighted by molar-refractivity contribution is 6.31. The second-order valence-corrected chi connectivity index (χ2v) is 6.22. The van der Waals surface area contributed by atoms with Crippen molar-refractivity contribution in [3.05, 3.63) is 34.9 Å². The average molecular weight is 299 g/mol. The van der Waals surface area contributed by atoms with E-state index < -0.39 is 0 Å². The molecule has 0 heterocycles. The number of aliphatic hydroxyl groups excluding tert-OH is 1. The molecule has 1 aromatic carbocycles. The second kappa shape index (κ2) is 7.99. The lowest BCUT2D eigenvalue weighted by molar-refractivity contribution is 0.0758. The quantitative estimate of drug-likeness (QED) is 0.774. The molecule has 0 bridgehead atoms. The fraction of sp³-hybridized carbons (Fsp3) is 0.625. The van der Waals surface area contributed by atoms with Gasteiger partial charge in [0.1, 0.15) is 0 Å². The van der Waals surface area contributed by atoms with Crippen molar-refractivity contribution in [2.75, 3.05) is 26.7 Å². The lowest BCUT2D eigenvalue weighted by Gasteiger charge is -2.35. The first-order valence-electron chi connectivity index (χ1n) is 7.22. The van der Waals surface area contributed by atoms with Crippen molar-refractivity contribution in [3.63, 3.8) is 0 Å². The first kappa shape index (κ1) is 17.4. The zero-order valence-electron chi connectivity index (χ0n) is 13.0. The molecule has 0 aliphatic heterocycles. The highest BCUT2D eigenvalue weighted by atomic mass is 35.5. The van der Waals surface area contributed by atoms with Crippen molar-refractivity contribution in [3.8, 4) is 0 Å². The summed E-state index contributed by atoms with van der Waals surface area (Å²) in [5, 5.41) is 13.7. The van der Waals surface area contributed by atoms with Gasteiger partial charge in [0.25, 0.3) is 0 Å². The van der Waals surface area contributed by atoms with Crippen molar-refractivity contribution >= 4 is 11.6 Å². The standard InChI is InChI=1S/C16H27ClN2O/c1-5-18-15(13-8-6-7-9-14(13)17)10-11-19(4)16(2,3)12-20/h6-9,15,18,20H,5,10-12H2,1-4H3. The van der Waals surface area contributed by atoms with Gasteiger partial charge in [-0.05, 0) is 45.5 Å². The van der Waals surface area contributed by atoms with E-state index in [0.29, 0.717) is 0 Å². The molecule has 0 saturated carbocycles. The second-order valence-electron chi connectivity index (χ2n) is 5.81. The average Bonchev–Trinajstić information content (AvgIpc) is 2.43. The topological polar surface area (TPSA) is 35.5 Å². The van der Waals surface area contributed by atoms with Crippen LogP contribution in [0.25, 0.3) is 0 Å². The van der Waals surface area contributed by atoms with E-state index in [1.807, 2.05) is 39.1 Å². The third kappa shape index (κ3) is 4.74. The molecule has 0 radical (unpaired) electrons. The summed E-state index contributed by atoms with van der Waals surface area (Å²) in [6.45, 7) is 8.15. The Balaban J connectivity index is 2.72. The SMILES string of the molecule is CCNC(CCN(C)C(C)(C)CO)c1ccccc1Cl. The Bertz CT molecular complexity index is 409. The van der Waals surface area contributed by atoms with E-state index in [2.05, 4.69) is 23.2 Å². The molecule has 0 aromatic heterocycles. The van der Waals surface area contributed by atoms with Crippen LogP contribution in [-0.2, 0) is 0 Å². The van der Waals surface area contributed by atoms with Gasteiger partial charge in [-0.3, -0.25) is 4.90 Å². The van der Waals surface area contributed by atoms with Crippen LogP contribution in [0.15, 0.2) is 24.3 Å². The molecule has 1 atom stereocenters. The first-order valence-corrected chi connectivity index (χ1v) is 7.60. The summed E-state index contributed by atoms with van der Waals surface area (Å²) in [6.07, 6.45) is 0.956. The van der Waals surface area contributed by atoms with Gasteiger partial charge in [-0.25, -0.2) is 0 Å². The van der Waals surface area contributed by atoms with Gasteiger partial charge in [0.05, 0.1) is 6.61 Å². The molecule has 114 valence electrons. The van der Waals surface area contributed by atoms with E-state index in [1.54, 1.807) is 0 Å². The Kier molecular flexibility index (Phi) is 6.96. The molecular formula is C16H27ClN2O. The maximum absolute atomic E-state index is 9.42. The summed E-state index contributed by atoms with van der Waals surface area (Å²) in [4.78, 5) is 2.19. The molecule has 0 aliphatic rings. The van der Waals surface area contributed by atoms with E-state index >= 15 is 0 Å². The van der Waals surface area contributed by atoms with Crippen LogP contribution in [0.1, 0.15) is 38.8 Å². The summed E-state index contributed by atoms with van der Waals surface area (Å²) >= 11 is 6.29. The fourth-order valence-electron chi connectivity index (χ4n) is 2.12. The predicted octanol–water partition coefficient (Wildman–Crippen LogP) is 3.08. The van der Waals surface area contributed by atoms with Gasteiger partial charge in [-0.2, -0.15) is 0 Å². The first-order chi connectivity index (χ1) is 9.42. The molecular weight excluding hydrogens is 272 g/mol. The Morgan fingerprint density at radius 1 is 1.35 bits per heavy atom. The van der Waals surface area contributed by atoms with Crippen LogP contribution >= 0.6 is 11.6 Å². The number of hydrogen-bond donors (Lipinski definition) is 2. The lowest BCUT2D eigenvalue weighted by Crippen LogP contribution is -2.45. The van der Waals surface area contributed by atoms with Gasteiger partial charge in [-0.15, -0.1) is 0 Å². The number of benzene rings is 1. The van der Waals surface area contributed by atoms with Crippen LogP contribution in [0, 0.1) is 0 Å². The summed E-state index contributed by atoms with van der Waals surface area (Å²) < 4.78 is 0. The van der Waals surface area contributed by atoms with Crippen LogP contribution in [0.2, 0.25) is 5.02 Å². The number of rotatable bonds is 8. The Morgan fingerprint density at radius 3 is 2.55 bits per heavy atom. The van der Waals surface area contributed by atoms with Crippen molar-refractivity contribution in [2.24, 2.45) is 0 Å². The molecule has 4 heteroatoms. The minimum atomic E-state index is -0.197.